The number of H-pyrrole nitrogens is 1. The molecule has 1 aliphatic rings. The third-order valence-corrected chi connectivity index (χ3v) is 2.52. The van der Waals surface area contributed by atoms with Crippen molar-refractivity contribution in [3.05, 3.63) is 22.7 Å². The summed E-state index contributed by atoms with van der Waals surface area (Å²) in [4.78, 5) is 29.0. The lowest BCUT2D eigenvalue weighted by molar-refractivity contribution is -0.121. The normalized spacial score (nSPS) is 14.4. The zero-order valence-electron chi connectivity index (χ0n) is 9.53. The number of anilines is 1. The number of hydrogen-bond acceptors (Lipinski definition) is 4. The van der Waals surface area contributed by atoms with Crippen LogP contribution in [0.3, 0.4) is 0 Å². The molecule has 17 heavy (non-hydrogen) atoms. The summed E-state index contributed by atoms with van der Waals surface area (Å²) in [5.74, 6) is 0.388. The smallest absolute Gasteiger partial charge is 0.290 e. The molecular formula is C11H16N4O2. The van der Waals surface area contributed by atoms with Crippen LogP contribution in [0.4, 0.5) is 5.82 Å². The van der Waals surface area contributed by atoms with E-state index in [1.165, 1.54) is 12.4 Å². The summed E-state index contributed by atoms with van der Waals surface area (Å²) in [6.45, 7) is 0.568. The summed E-state index contributed by atoms with van der Waals surface area (Å²) in [6.07, 6.45) is 6.38. The maximum atomic E-state index is 11.3. The second-order valence-corrected chi connectivity index (χ2v) is 4.14. The highest BCUT2D eigenvalue weighted by atomic mass is 16.1. The zero-order valence-corrected chi connectivity index (χ0v) is 9.53. The van der Waals surface area contributed by atoms with E-state index < -0.39 is 0 Å². The molecule has 92 valence electrons. The Morgan fingerprint density at radius 3 is 3.06 bits per heavy atom. The standard InChI is InChI=1S/C11H16N4O2/c16-9(15-8-3-4-8)2-1-5-12-10-11(17)14-7-6-13-10/h6-8H,1-5H2,(H,12,13)(H,14,17)(H,15,16). The highest BCUT2D eigenvalue weighted by Crippen LogP contribution is 2.18. The molecule has 1 aliphatic carbocycles. The fourth-order valence-corrected chi connectivity index (χ4v) is 1.46. The van der Waals surface area contributed by atoms with E-state index in [0.29, 0.717) is 31.2 Å². The Hall–Kier alpha value is -1.85. The number of aromatic nitrogens is 2. The molecule has 1 saturated carbocycles. The maximum absolute atomic E-state index is 11.3. The first-order valence-corrected chi connectivity index (χ1v) is 5.82. The second-order valence-electron chi connectivity index (χ2n) is 4.14. The summed E-state index contributed by atoms with van der Waals surface area (Å²) in [5, 5.41) is 5.82. The van der Waals surface area contributed by atoms with Gasteiger partial charge in [-0.15, -0.1) is 0 Å². The third kappa shape index (κ3) is 3.90. The molecule has 0 spiro atoms. The number of aromatic amines is 1. The summed E-state index contributed by atoms with van der Waals surface area (Å²) in [5.41, 5.74) is -0.241. The quantitative estimate of drug-likeness (QED) is 0.617. The Labute approximate surface area is 98.8 Å². The Morgan fingerprint density at radius 1 is 1.53 bits per heavy atom. The third-order valence-electron chi connectivity index (χ3n) is 2.52. The Balaban J connectivity index is 1.64. The van der Waals surface area contributed by atoms with Gasteiger partial charge in [-0.1, -0.05) is 0 Å². The monoisotopic (exact) mass is 236 g/mol. The number of rotatable bonds is 6. The average Bonchev–Trinajstić information content (AvgIpc) is 3.10. The van der Waals surface area contributed by atoms with Crippen molar-refractivity contribution in [2.24, 2.45) is 0 Å². The molecule has 3 N–H and O–H groups in total. The minimum Gasteiger partial charge on any atom is -0.365 e. The molecule has 2 rings (SSSR count). The predicted molar refractivity (Wildman–Crippen MR) is 63.7 cm³/mol. The molecule has 0 bridgehead atoms. The largest absolute Gasteiger partial charge is 0.365 e. The summed E-state index contributed by atoms with van der Waals surface area (Å²) in [7, 11) is 0. The van der Waals surface area contributed by atoms with E-state index in [0.717, 1.165) is 12.8 Å². The van der Waals surface area contributed by atoms with Crippen LogP contribution in [-0.4, -0.2) is 28.5 Å². The van der Waals surface area contributed by atoms with Crippen molar-refractivity contribution >= 4 is 11.7 Å². The summed E-state index contributed by atoms with van der Waals surface area (Å²) in [6, 6.07) is 0.411. The molecule has 1 amide bonds. The Kier molecular flexibility index (Phi) is 3.74. The lowest BCUT2D eigenvalue weighted by atomic mass is 10.3. The lowest BCUT2D eigenvalue weighted by Crippen LogP contribution is -2.25. The fourth-order valence-electron chi connectivity index (χ4n) is 1.46. The van der Waals surface area contributed by atoms with E-state index in [9.17, 15) is 9.59 Å². The number of nitrogens with zero attached hydrogens (tertiary/aromatic N) is 1. The van der Waals surface area contributed by atoms with Crippen molar-refractivity contribution in [1.29, 1.82) is 0 Å². The zero-order chi connectivity index (χ0) is 12.1. The van der Waals surface area contributed by atoms with Gasteiger partial charge >= 0.3 is 0 Å². The molecule has 1 aromatic rings. The SMILES string of the molecule is O=C(CCCNc1ncc[nH]c1=O)NC1CC1. The molecule has 1 heterocycles. The fraction of sp³-hybridized carbons (Fsp3) is 0.545. The van der Waals surface area contributed by atoms with E-state index >= 15 is 0 Å². The van der Waals surface area contributed by atoms with Crippen molar-refractivity contribution < 1.29 is 4.79 Å². The molecule has 6 heteroatoms. The molecule has 0 aromatic carbocycles. The topological polar surface area (TPSA) is 86.9 Å². The molecule has 1 aromatic heterocycles. The number of carbonyl (C=O) groups excluding carboxylic acids is 1. The van der Waals surface area contributed by atoms with Crippen molar-refractivity contribution in [3.8, 4) is 0 Å². The number of hydrogen-bond donors (Lipinski definition) is 3. The minimum absolute atomic E-state index is 0.0873. The van der Waals surface area contributed by atoms with Gasteiger partial charge in [0.2, 0.25) is 5.91 Å². The van der Waals surface area contributed by atoms with Crippen LogP contribution in [-0.2, 0) is 4.79 Å². The van der Waals surface area contributed by atoms with E-state index in [2.05, 4.69) is 20.6 Å². The molecule has 1 fully saturated rings. The van der Waals surface area contributed by atoms with Crippen molar-refractivity contribution in [2.75, 3.05) is 11.9 Å². The van der Waals surface area contributed by atoms with Gasteiger partial charge in [0.05, 0.1) is 0 Å². The van der Waals surface area contributed by atoms with Gasteiger partial charge in [0.25, 0.3) is 5.56 Å². The first kappa shape index (κ1) is 11.6. The molecule has 0 saturated heterocycles. The van der Waals surface area contributed by atoms with Crippen LogP contribution >= 0.6 is 0 Å². The number of amides is 1. The Morgan fingerprint density at radius 2 is 2.35 bits per heavy atom. The number of carbonyl (C=O) groups is 1. The van der Waals surface area contributed by atoms with Crippen LogP contribution in [0.1, 0.15) is 25.7 Å². The molecule has 0 aliphatic heterocycles. The second kappa shape index (κ2) is 5.47. The van der Waals surface area contributed by atoms with Gasteiger partial charge in [-0.3, -0.25) is 9.59 Å². The summed E-state index contributed by atoms with van der Waals surface area (Å²) < 4.78 is 0. The van der Waals surface area contributed by atoms with E-state index in [1.54, 1.807) is 0 Å². The summed E-state index contributed by atoms with van der Waals surface area (Å²) >= 11 is 0. The van der Waals surface area contributed by atoms with Crippen LogP contribution in [0.25, 0.3) is 0 Å². The van der Waals surface area contributed by atoms with Gasteiger partial charge < -0.3 is 15.6 Å². The minimum atomic E-state index is -0.241. The predicted octanol–water partition coefficient (Wildman–Crippen LogP) is 0.241. The van der Waals surface area contributed by atoms with E-state index in [4.69, 9.17) is 0 Å². The van der Waals surface area contributed by atoms with Crippen LogP contribution in [0, 0.1) is 0 Å². The highest BCUT2D eigenvalue weighted by Gasteiger charge is 2.22. The van der Waals surface area contributed by atoms with E-state index in [1.807, 2.05) is 0 Å². The Bertz CT molecular complexity index is 439. The van der Waals surface area contributed by atoms with Crippen LogP contribution in [0.5, 0.6) is 0 Å². The lowest BCUT2D eigenvalue weighted by Gasteiger charge is -2.04. The van der Waals surface area contributed by atoms with Gasteiger partial charge in [0, 0.05) is 31.4 Å². The average molecular weight is 236 g/mol. The van der Waals surface area contributed by atoms with Crippen LogP contribution < -0.4 is 16.2 Å². The van der Waals surface area contributed by atoms with Gasteiger partial charge in [-0.2, -0.15) is 0 Å². The van der Waals surface area contributed by atoms with Crippen molar-refractivity contribution in [1.82, 2.24) is 15.3 Å². The highest BCUT2D eigenvalue weighted by molar-refractivity contribution is 5.76. The van der Waals surface area contributed by atoms with Gasteiger partial charge in [0.15, 0.2) is 5.82 Å². The van der Waals surface area contributed by atoms with Gasteiger partial charge in [-0.25, -0.2) is 4.98 Å². The van der Waals surface area contributed by atoms with Gasteiger partial charge in [0.1, 0.15) is 0 Å². The molecule has 0 radical (unpaired) electrons. The molecular weight excluding hydrogens is 220 g/mol. The molecule has 6 nitrogen and oxygen atoms in total. The first-order valence-electron chi connectivity index (χ1n) is 5.82. The van der Waals surface area contributed by atoms with E-state index in [-0.39, 0.29) is 11.5 Å². The number of nitrogens with one attached hydrogen (secondary N) is 3. The van der Waals surface area contributed by atoms with Gasteiger partial charge in [-0.05, 0) is 19.3 Å². The molecule has 0 unspecified atom stereocenters. The van der Waals surface area contributed by atoms with Crippen molar-refractivity contribution in [2.45, 2.75) is 31.7 Å². The van der Waals surface area contributed by atoms with Crippen molar-refractivity contribution in [3.63, 3.8) is 0 Å². The maximum Gasteiger partial charge on any atom is 0.290 e. The van der Waals surface area contributed by atoms with Crippen LogP contribution in [0.15, 0.2) is 17.2 Å². The first-order chi connectivity index (χ1) is 8.25. The molecule has 0 atom stereocenters. The van der Waals surface area contributed by atoms with Crippen LogP contribution in [0.2, 0.25) is 0 Å².